The molecule has 100 valence electrons. The molecule has 0 saturated heterocycles. The standard InChI is InChI=1S/C16H17Br2N/c1-3-15(12-5-4-6-13(17)10-12)19-16-8-7-11(2)9-14(16)18/h4-10,15,19H,3H2,1-2H3. The average Bonchev–Trinajstić information content (AvgIpc) is 2.38. The topological polar surface area (TPSA) is 12.0 Å². The van der Waals surface area contributed by atoms with Crippen LogP contribution in [0.3, 0.4) is 0 Å². The second-order valence-corrected chi connectivity index (χ2v) is 6.41. The summed E-state index contributed by atoms with van der Waals surface area (Å²) < 4.78 is 2.23. The molecule has 2 rings (SSSR count). The van der Waals surface area contributed by atoms with Gasteiger partial charge in [0.15, 0.2) is 0 Å². The van der Waals surface area contributed by atoms with Crippen LogP contribution in [0.1, 0.15) is 30.5 Å². The van der Waals surface area contributed by atoms with Crippen molar-refractivity contribution in [2.75, 3.05) is 5.32 Å². The molecule has 0 spiro atoms. The summed E-state index contributed by atoms with van der Waals surface area (Å²) in [6.45, 7) is 4.29. The van der Waals surface area contributed by atoms with Crippen molar-refractivity contribution in [3.63, 3.8) is 0 Å². The maximum Gasteiger partial charge on any atom is 0.0512 e. The molecule has 2 aromatic carbocycles. The van der Waals surface area contributed by atoms with Crippen molar-refractivity contribution in [1.82, 2.24) is 0 Å². The zero-order valence-corrected chi connectivity index (χ0v) is 14.3. The van der Waals surface area contributed by atoms with Crippen molar-refractivity contribution >= 4 is 37.5 Å². The van der Waals surface area contributed by atoms with Crippen LogP contribution in [-0.2, 0) is 0 Å². The fraction of sp³-hybridized carbons (Fsp3) is 0.250. The predicted molar refractivity (Wildman–Crippen MR) is 89.7 cm³/mol. The maximum absolute atomic E-state index is 3.62. The summed E-state index contributed by atoms with van der Waals surface area (Å²) >= 11 is 7.15. The molecule has 0 heterocycles. The summed E-state index contributed by atoms with van der Waals surface area (Å²) in [5, 5.41) is 3.60. The Morgan fingerprint density at radius 3 is 2.53 bits per heavy atom. The predicted octanol–water partition coefficient (Wildman–Crippen LogP) is 6.08. The summed E-state index contributed by atoms with van der Waals surface area (Å²) in [6.07, 6.45) is 1.04. The van der Waals surface area contributed by atoms with Crippen molar-refractivity contribution < 1.29 is 0 Å². The quantitative estimate of drug-likeness (QED) is 0.675. The van der Waals surface area contributed by atoms with Gasteiger partial charge in [0.05, 0.1) is 6.04 Å². The third kappa shape index (κ3) is 3.83. The molecule has 0 bridgehead atoms. The maximum atomic E-state index is 3.62. The summed E-state index contributed by atoms with van der Waals surface area (Å²) in [5.41, 5.74) is 3.69. The second-order valence-electron chi connectivity index (χ2n) is 4.64. The molecule has 1 nitrogen and oxygen atoms in total. The number of hydrogen-bond acceptors (Lipinski definition) is 1. The van der Waals surface area contributed by atoms with Crippen LogP contribution in [0.15, 0.2) is 51.4 Å². The highest BCUT2D eigenvalue weighted by Gasteiger charge is 2.11. The lowest BCUT2D eigenvalue weighted by atomic mass is 10.0. The van der Waals surface area contributed by atoms with Crippen LogP contribution in [0.5, 0.6) is 0 Å². The molecule has 0 radical (unpaired) electrons. The van der Waals surface area contributed by atoms with Crippen LogP contribution in [0, 0.1) is 6.92 Å². The molecular weight excluding hydrogens is 366 g/mol. The highest BCUT2D eigenvalue weighted by Crippen LogP contribution is 2.29. The minimum atomic E-state index is 0.316. The molecule has 1 N–H and O–H groups in total. The van der Waals surface area contributed by atoms with E-state index in [0.717, 1.165) is 21.1 Å². The van der Waals surface area contributed by atoms with Gasteiger partial charge in [-0.05, 0) is 64.7 Å². The average molecular weight is 383 g/mol. The van der Waals surface area contributed by atoms with Crippen LogP contribution in [0.25, 0.3) is 0 Å². The van der Waals surface area contributed by atoms with E-state index in [-0.39, 0.29) is 0 Å². The van der Waals surface area contributed by atoms with Gasteiger partial charge < -0.3 is 5.32 Å². The molecule has 19 heavy (non-hydrogen) atoms. The van der Waals surface area contributed by atoms with Crippen LogP contribution in [-0.4, -0.2) is 0 Å². The van der Waals surface area contributed by atoms with E-state index in [1.807, 2.05) is 0 Å². The van der Waals surface area contributed by atoms with Gasteiger partial charge in [0.25, 0.3) is 0 Å². The molecule has 0 aliphatic rings. The summed E-state index contributed by atoms with van der Waals surface area (Å²) in [7, 11) is 0. The Bertz CT molecular complexity index is 566. The fourth-order valence-corrected chi connectivity index (χ4v) is 3.09. The van der Waals surface area contributed by atoms with Crippen molar-refractivity contribution in [2.24, 2.45) is 0 Å². The molecule has 1 unspecified atom stereocenters. The number of aryl methyl sites for hydroxylation is 1. The van der Waals surface area contributed by atoms with Crippen LogP contribution >= 0.6 is 31.9 Å². The second kappa shape index (κ2) is 6.58. The molecule has 3 heteroatoms. The first-order valence-electron chi connectivity index (χ1n) is 6.38. The lowest BCUT2D eigenvalue weighted by Gasteiger charge is -2.20. The van der Waals surface area contributed by atoms with Crippen molar-refractivity contribution in [1.29, 1.82) is 0 Å². The Balaban J connectivity index is 2.24. The van der Waals surface area contributed by atoms with Gasteiger partial charge in [0.2, 0.25) is 0 Å². The first-order valence-corrected chi connectivity index (χ1v) is 7.97. The monoisotopic (exact) mass is 381 g/mol. The highest BCUT2D eigenvalue weighted by atomic mass is 79.9. The molecule has 1 atom stereocenters. The third-order valence-electron chi connectivity index (χ3n) is 3.11. The molecule has 0 aliphatic heterocycles. The van der Waals surface area contributed by atoms with Gasteiger partial charge in [0, 0.05) is 14.6 Å². The third-order valence-corrected chi connectivity index (χ3v) is 4.26. The summed E-state index contributed by atoms with van der Waals surface area (Å²) in [4.78, 5) is 0. The Hall–Kier alpha value is -0.800. The van der Waals surface area contributed by atoms with E-state index < -0.39 is 0 Å². The number of halogens is 2. The van der Waals surface area contributed by atoms with E-state index in [9.17, 15) is 0 Å². The number of rotatable bonds is 4. The first-order chi connectivity index (χ1) is 9.10. The lowest BCUT2D eigenvalue weighted by molar-refractivity contribution is 0.748. The summed E-state index contributed by atoms with van der Waals surface area (Å²) in [6, 6.07) is 15.2. The van der Waals surface area contributed by atoms with Gasteiger partial charge in [-0.2, -0.15) is 0 Å². The van der Waals surface area contributed by atoms with E-state index in [4.69, 9.17) is 0 Å². The molecule has 0 saturated carbocycles. The smallest absolute Gasteiger partial charge is 0.0512 e. The number of benzene rings is 2. The van der Waals surface area contributed by atoms with Gasteiger partial charge >= 0.3 is 0 Å². The van der Waals surface area contributed by atoms with Crippen LogP contribution in [0.2, 0.25) is 0 Å². The van der Waals surface area contributed by atoms with E-state index in [0.29, 0.717) is 6.04 Å². The van der Waals surface area contributed by atoms with E-state index in [1.54, 1.807) is 0 Å². The van der Waals surface area contributed by atoms with Gasteiger partial charge in [0.1, 0.15) is 0 Å². The normalized spacial score (nSPS) is 12.2. The SMILES string of the molecule is CCC(Nc1ccc(C)cc1Br)c1cccc(Br)c1. The Kier molecular flexibility index (Phi) is 5.06. The number of hydrogen-bond donors (Lipinski definition) is 1. The van der Waals surface area contributed by atoms with Gasteiger partial charge in [-0.15, -0.1) is 0 Å². The van der Waals surface area contributed by atoms with Crippen molar-refractivity contribution in [3.8, 4) is 0 Å². The highest BCUT2D eigenvalue weighted by molar-refractivity contribution is 9.10. The molecule has 2 aromatic rings. The van der Waals surface area contributed by atoms with E-state index >= 15 is 0 Å². The molecule has 0 amide bonds. The van der Waals surface area contributed by atoms with Crippen LogP contribution < -0.4 is 5.32 Å². The molecule has 0 aliphatic carbocycles. The van der Waals surface area contributed by atoms with Gasteiger partial charge in [-0.25, -0.2) is 0 Å². The summed E-state index contributed by atoms with van der Waals surface area (Å²) in [5.74, 6) is 0. The Morgan fingerprint density at radius 1 is 1.11 bits per heavy atom. The largest absolute Gasteiger partial charge is 0.377 e. The van der Waals surface area contributed by atoms with Gasteiger partial charge in [-0.1, -0.05) is 41.1 Å². The molecule has 0 aromatic heterocycles. The Morgan fingerprint density at radius 2 is 1.89 bits per heavy atom. The molecule has 0 fully saturated rings. The van der Waals surface area contributed by atoms with Gasteiger partial charge in [-0.3, -0.25) is 0 Å². The number of anilines is 1. The molecular formula is C16H17Br2N. The van der Waals surface area contributed by atoms with E-state index in [2.05, 4.69) is 93.5 Å². The Labute approximate surface area is 131 Å². The lowest BCUT2D eigenvalue weighted by Crippen LogP contribution is -2.10. The van der Waals surface area contributed by atoms with E-state index in [1.165, 1.54) is 11.1 Å². The van der Waals surface area contributed by atoms with Crippen molar-refractivity contribution in [3.05, 3.63) is 62.5 Å². The zero-order chi connectivity index (χ0) is 13.8. The number of nitrogens with one attached hydrogen (secondary N) is 1. The zero-order valence-electron chi connectivity index (χ0n) is 11.1. The first kappa shape index (κ1) is 14.6. The van der Waals surface area contributed by atoms with Crippen molar-refractivity contribution in [2.45, 2.75) is 26.3 Å². The minimum absolute atomic E-state index is 0.316. The fourth-order valence-electron chi connectivity index (χ4n) is 2.07. The van der Waals surface area contributed by atoms with Crippen LogP contribution in [0.4, 0.5) is 5.69 Å². The minimum Gasteiger partial charge on any atom is -0.377 e.